The van der Waals surface area contributed by atoms with Crippen molar-refractivity contribution in [2.45, 2.75) is 28.4 Å². The molecule has 0 saturated heterocycles. The Bertz CT molecular complexity index is 1060. The number of nitrogens with one attached hydrogen (secondary N) is 2. The maximum Gasteiger partial charge on any atom is 0.237 e. The van der Waals surface area contributed by atoms with Crippen LogP contribution in [-0.2, 0) is 19.4 Å². The molecular formula is C18H16ClFN2O4S2. The lowest BCUT2D eigenvalue weighted by molar-refractivity contribution is -0.116. The van der Waals surface area contributed by atoms with Crippen LogP contribution in [0.25, 0.3) is 0 Å². The molecule has 0 radical (unpaired) electrons. The monoisotopic (exact) mass is 442 g/mol. The first-order chi connectivity index (χ1) is 13.2. The maximum atomic E-state index is 13.1. The van der Waals surface area contributed by atoms with Crippen LogP contribution < -0.4 is 10.6 Å². The van der Waals surface area contributed by atoms with E-state index in [0.717, 1.165) is 11.0 Å². The SMILES string of the molecule is C[C@H]1Sc2ccc(S(=O)(=O)CCC(=O)Nc3ccc(F)c(Cl)c3)cc2NC1=O. The number of carbonyl (C=O) groups is 2. The Hall–Kier alpha value is -2.10. The van der Waals surface area contributed by atoms with Gasteiger partial charge in [-0.05, 0) is 43.3 Å². The number of amides is 2. The van der Waals surface area contributed by atoms with Gasteiger partial charge in [0.1, 0.15) is 5.82 Å². The summed E-state index contributed by atoms with van der Waals surface area (Å²) in [6.45, 7) is 1.76. The lowest BCUT2D eigenvalue weighted by Crippen LogP contribution is -2.26. The first kappa shape index (κ1) is 20.6. The van der Waals surface area contributed by atoms with E-state index in [1.165, 1.54) is 36.0 Å². The number of anilines is 2. The summed E-state index contributed by atoms with van der Waals surface area (Å²) in [6.07, 6.45) is -0.285. The van der Waals surface area contributed by atoms with Gasteiger partial charge >= 0.3 is 0 Å². The highest BCUT2D eigenvalue weighted by Gasteiger charge is 2.25. The van der Waals surface area contributed by atoms with E-state index < -0.39 is 27.3 Å². The molecule has 1 atom stereocenters. The Morgan fingerprint density at radius 2 is 2.04 bits per heavy atom. The van der Waals surface area contributed by atoms with Crippen molar-refractivity contribution < 1.29 is 22.4 Å². The fourth-order valence-corrected chi connectivity index (χ4v) is 4.90. The van der Waals surface area contributed by atoms with Gasteiger partial charge in [-0.25, -0.2) is 12.8 Å². The van der Waals surface area contributed by atoms with E-state index in [1.807, 2.05) is 0 Å². The van der Waals surface area contributed by atoms with Crippen molar-refractivity contribution in [3.05, 3.63) is 47.2 Å². The molecule has 148 valence electrons. The Balaban J connectivity index is 1.67. The van der Waals surface area contributed by atoms with Gasteiger partial charge in [0.25, 0.3) is 0 Å². The number of benzene rings is 2. The second kappa shape index (κ2) is 8.10. The Morgan fingerprint density at radius 1 is 1.29 bits per heavy atom. The zero-order valence-corrected chi connectivity index (χ0v) is 17.1. The van der Waals surface area contributed by atoms with Crippen molar-refractivity contribution in [2.75, 3.05) is 16.4 Å². The minimum Gasteiger partial charge on any atom is -0.326 e. The molecule has 0 unspecified atom stereocenters. The zero-order valence-electron chi connectivity index (χ0n) is 14.7. The van der Waals surface area contributed by atoms with Gasteiger partial charge in [0, 0.05) is 17.0 Å². The topological polar surface area (TPSA) is 92.3 Å². The Labute approximate surface area is 170 Å². The summed E-state index contributed by atoms with van der Waals surface area (Å²) in [5.74, 6) is -1.76. The van der Waals surface area contributed by atoms with Crippen molar-refractivity contribution in [3.8, 4) is 0 Å². The fourth-order valence-electron chi connectivity index (χ4n) is 2.52. The highest BCUT2D eigenvalue weighted by Crippen LogP contribution is 2.36. The third kappa shape index (κ3) is 4.65. The lowest BCUT2D eigenvalue weighted by Gasteiger charge is -2.21. The van der Waals surface area contributed by atoms with Crippen molar-refractivity contribution in [1.82, 2.24) is 0 Å². The number of rotatable bonds is 5. The number of fused-ring (bicyclic) bond motifs is 1. The maximum absolute atomic E-state index is 13.1. The summed E-state index contributed by atoms with van der Waals surface area (Å²) in [4.78, 5) is 24.6. The smallest absolute Gasteiger partial charge is 0.237 e. The predicted molar refractivity (Wildman–Crippen MR) is 107 cm³/mol. The second-order valence-electron chi connectivity index (χ2n) is 6.15. The van der Waals surface area contributed by atoms with Crippen LogP contribution in [0.15, 0.2) is 46.2 Å². The van der Waals surface area contributed by atoms with E-state index in [0.29, 0.717) is 5.69 Å². The molecule has 1 aliphatic heterocycles. The van der Waals surface area contributed by atoms with Crippen molar-refractivity contribution in [2.24, 2.45) is 0 Å². The molecule has 28 heavy (non-hydrogen) atoms. The molecule has 2 aromatic rings. The molecule has 0 aromatic heterocycles. The largest absolute Gasteiger partial charge is 0.326 e. The minimum absolute atomic E-state index is 0.0272. The van der Waals surface area contributed by atoms with Crippen LogP contribution in [0.4, 0.5) is 15.8 Å². The van der Waals surface area contributed by atoms with Gasteiger partial charge in [0.15, 0.2) is 9.84 Å². The molecule has 2 N–H and O–H groups in total. The summed E-state index contributed by atoms with van der Waals surface area (Å²) in [5.41, 5.74) is 0.719. The van der Waals surface area contributed by atoms with Crippen LogP contribution in [0.3, 0.4) is 0 Å². The van der Waals surface area contributed by atoms with Gasteiger partial charge in [0.2, 0.25) is 11.8 Å². The van der Waals surface area contributed by atoms with Crippen LogP contribution >= 0.6 is 23.4 Å². The summed E-state index contributed by atoms with van der Waals surface area (Å²) < 4.78 is 38.2. The van der Waals surface area contributed by atoms with E-state index in [9.17, 15) is 22.4 Å². The minimum atomic E-state index is -3.73. The molecule has 0 saturated carbocycles. The summed E-state index contributed by atoms with van der Waals surface area (Å²) in [6, 6.07) is 8.19. The molecule has 6 nitrogen and oxygen atoms in total. The normalized spacial score (nSPS) is 16.2. The van der Waals surface area contributed by atoms with E-state index in [-0.39, 0.29) is 33.2 Å². The quantitative estimate of drug-likeness (QED) is 0.736. The number of halogens is 2. The third-order valence-electron chi connectivity index (χ3n) is 4.04. The molecule has 2 amide bonds. The highest BCUT2D eigenvalue weighted by molar-refractivity contribution is 8.01. The van der Waals surface area contributed by atoms with Crippen LogP contribution in [0.5, 0.6) is 0 Å². The standard InChI is InChI=1S/C18H16ClFN2O4S2/c1-10-18(24)22-15-9-12(3-5-16(15)27-10)28(25,26)7-6-17(23)21-11-2-4-14(20)13(19)8-11/h2-5,8-10H,6-7H2,1H3,(H,21,23)(H,22,24)/t10-/m1/s1. The van der Waals surface area contributed by atoms with Gasteiger partial charge in [-0.15, -0.1) is 11.8 Å². The molecule has 3 rings (SSSR count). The summed E-state index contributed by atoms with van der Waals surface area (Å²) >= 11 is 7.00. The molecule has 0 aliphatic carbocycles. The van der Waals surface area contributed by atoms with Gasteiger partial charge < -0.3 is 10.6 Å². The first-order valence-electron chi connectivity index (χ1n) is 8.25. The molecule has 1 aliphatic rings. The molecule has 0 bridgehead atoms. The predicted octanol–water partition coefficient (Wildman–Crippen LogP) is 3.71. The van der Waals surface area contributed by atoms with Crippen LogP contribution in [0.2, 0.25) is 5.02 Å². The van der Waals surface area contributed by atoms with Gasteiger partial charge in [-0.3, -0.25) is 9.59 Å². The van der Waals surface area contributed by atoms with E-state index in [1.54, 1.807) is 13.0 Å². The number of thioether (sulfide) groups is 1. The molecule has 10 heteroatoms. The summed E-state index contributed by atoms with van der Waals surface area (Å²) in [5, 5.41) is 4.77. The Kier molecular flexibility index (Phi) is 5.97. The average molecular weight is 443 g/mol. The molecule has 1 heterocycles. The van der Waals surface area contributed by atoms with Crippen molar-refractivity contribution in [3.63, 3.8) is 0 Å². The van der Waals surface area contributed by atoms with Gasteiger partial charge in [-0.2, -0.15) is 0 Å². The van der Waals surface area contributed by atoms with Gasteiger partial charge in [0.05, 0.1) is 26.6 Å². The number of sulfone groups is 1. The zero-order chi connectivity index (χ0) is 20.5. The third-order valence-corrected chi connectivity index (χ3v) is 7.22. The molecule has 0 fully saturated rings. The van der Waals surface area contributed by atoms with E-state index in [2.05, 4.69) is 10.6 Å². The first-order valence-corrected chi connectivity index (χ1v) is 11.2. The van der Waals surface area contributed by atoms with Gasteiger partial charge in [-0.1, -0.05) is 11.6 Å². The number of hydrogen-bond donors (Lipinski definition) is 2. The number of carbonyl (C=O) groups excluding carboxylic acids is 2. The molecule has 0 spiro atoms. The van der Waals surface area contributed by atoms with Crippen LogP contribution in [-0.4, -0.2) is 31.2 Å². The van der Waals surface area contributed by atoms with Crippen LogP contribution in [0, 0.1) is 5.82 Å². The second-order valence-corrected chi connectivity index (χ2v) is 10.1. The average Bonchev–Trinajstić information content (AvgIpc) is 2.64. The molecular weight excluding hydrogens is 427 g/mol. The van der Waals surface area contributed by atoms with Crippen molar-refractivity contribution in [1.29, 1.82) is 0 Å². The van der Waals surface area contributed by atoms with Crippen LogP contribution in [0.1, 0.15) is 13.3 Å². The fraction of sp³-hybridized carbons (Fsp3) is 0.222. The highest BCUT2D eigenvalue weighted by atomic mass is 35.5. The van der Waals surface area contributed by atoms with E-state index >= 15 is 0 Å². The lowest BCUT2D eigenvalue weighted by atomic mass is 10.3. The van der Waals surface area contributed by atoms with Crippen molar-refractivity contribution >= 4 is 56.4 Å². The summed E-state index contributed by atoms with van der Waals surface area (Å²) in [7, 11) is -3.73. The number of hydrogen-bond acceptors (Lipinski definition) is 5. The van der Waals surface area contributed by atoms with E-state index in [4.69, 9.17) is 11.6 Å². The Morgan fingerprint density at radius 3 is 2.75 bits per heavy atom. The molecule has 2 aromatic carbocycles.